The number of carbonyl (C=O) groups is 1. The minimum absolute atomic E-state index is 0.0120. The highest BCUT2D eigenvalue weighted by Gasteiger charge is 2.29. The Labute approximate surface area is 140 Å². The van der Waals surface area contributed by atoms with Crippen molar-refractivity contribution in [3.63, 3.8) is 0 Å². The van der Waals surface area contributed by atoms with E-state index in [1.54, 1.807) is 7.11 Å². The number of ketones is 1. The van der Waals surface area contributed by atoms with Crippen LogP contribution in [0.25, 0.3) is 0 Å². The smallest absolute Gasteiger partial charge is 0.183 e. The van der Waals surface area contributed by atoms with Gasteiger partial charge in [-0.3, -0.25) is 9.69 Å². The van der Waals surface area contributed by atoms with Crippen LogP contribution in [0.3, 0.4) is 0 Å². The maximum absolute atomic E-state index is 13.2. The molecule has 0 saturated carbocycles. The molecule has 1 atom stereocenters. The lowest BCUT2D eigenvalue weighted by atomic mass is 9.85. The molecule has 0 radical (unpaired) electrons. The summed E-state index contributed by atoms with van der Waals surface area (Å²) in [7, 11) is 1.63. The van der Waals surface area contributed by atoms with Crippen LogP contribution in [0.4, 0.5) is 0 Å². The summed E-state index contributed by atoms with van der Waals surface area (Å²) in [5.41, 5.74) is 1.89. The third kappa shape index (κ3) is 4.12. The summed E-state index contributed by atoms with van der Waals surface area (Å²) in [5, 5.41) is 3.35. The first-order valence-corrected chi connectivity index (χ1v) is 8.56. The number of hydrogen-bond acceptors (Lipinski definition) is 4. The highest BCUT2D eigenvalue weighted by atomic mass is 16.5. The van der Waals surface area contributed by atoms with E-state index in [9.17, 15) is 4.79 Å². The molecule has 23 heavy (non-hydrogen) atoms. The van der Waals surface area contributed by atoms with Crippen LogP contribution in [0, 0.1) is 0 Å². The average Bonchev–Trinajstić information content (AvgIpc) is 2.55. The SMILES string of the molecule is CCC(C(=O)c1cc(C(C)(C)C)ccc1OC)N1CCNCC1. The first-order valence-electron chi connectivity index (χ1n) is 8.56. The van der Waals surface area contributed by atoms with Gasteiger partial charge in [-0.2, -0.15) is 0 Å². The Balaban J connectivity index is 2.35. The molecule has 128 valence electrons. The first-order chi connectivity index (χ1) is 10.9. The third-order valence-corrected chi connectivity index (χ3v) is 4.61. The molecule has 4 nitrogen and oxygen atoms in total. The predicted molar refractivity (Wildman–Crippen MR) is 94.5 cm³/mol. The second-order valence-corrected chi connectivity index (χ2v) is 7.24. The zero-order chi connectivity index (χ0) is 17.0. The fraction of sp³-hybridized carbons (Fsp3) is 0.632. The van der Waals surface area contributed by atoms with Crippen LogP contribution in [0.2, 0.25) is 0 Å². The van der Waals surface area contributed by atoms with Crippen LogP contribution in [0.1, 0.15) is 50.0 Å². The molecule has 4 heteroatoms. The molecule has 2 rings (SSSR count). The van der Waals surface area contributed by atoms with Crippen molar-refractivity contribution in [3.8, 4) is 5.75 Å². The number of nitrogens with one attached hydrogen (secondary N) is 1. The highest BCUT2D eigenvalue weighted by molar-refractivity contribution is 6.02. The molecule has 0 bridgehead atoms. The summed E-state index contributed by atoms with van der Waals surface area (Å²) in [4.78, 5) is 15.5. The Bertz CT molecular complexity index is 543. The second-order valence-electron chi connectivity index (χ2n) is 7.24. The largest absolute Gasteiger partial charge is 0.496 e. The Morgan fingerprint density at radius 3 is 2.48 bits per heavy atom. The zero-order valence-corrected chi connectivity index (χ0v) is 15.1. The van der Waals surface area contributed by atoms with Gasteiger partial charge >= 0.3 is 0 Å². The fourth-order valence-corrected chi connectivity index (χ4v) is 3.15. The van der Waals surface area contributed by atoms with Crippen LogP contribution in [0.5, 0.6) is 5.75 Å². The lowest BCUT2D eigenvalue weighted by Crippen LogP contribution is -2.51. The van der Waals surface area contributed by atoms with Gasteiger partial charge in [-0.25, -0.2) is 0 Å². The maximum Gasteiger partial charge on any atom is 0.183 e. The van der Waals surface area contributed by atoms with Gasteiger partial charge in [-0.05, 0) is 29.5 Å². The van der Waals surface area contributed by atoms with E-state index in [1.807, 2.05) is 12.1 Å². The van der Waals surface area contributed by atoms with Gasteiger partial charge in [-0.15, -0.1) is 0 Å². The second kappa shape index (κ2) is 7.45. The number of piperazine rings is 1. The summed E-state index contributed by atoms with van der Waals surface area (Å²) in [5.74, 6) is 0.855. The van der Waals surface area contributed by atoms with Crippen LogP contribution >= 0.6 is 0 Å². The number of rotatable bonds is 5. The molecule has 1 aromatic carbocycles. The van der Waals surface area contributed by atoms with Gasteiger partial charge in [0.25, 0.3) is 0 Å². The van der Waals surface area contributed by atoms with E-state index in [0.29, 0.717) is 11.3 Å². The maximum atomic E-state index is 13.2. The lowest BCUT2D eigenvalue weighted by Gasteiger charge is -2.34. The third-order valence-electron chi connectivity index (χ3n) is 4.61. The van der Waals surface area contributed by atoms with Crippen molar-refractivity contribution in [1.82, 2.24) is 10.2 Å². The van der Waals surface area contributed by atoms with Crippen molar-refractivity contribution < 1.29 is 9.53 Å². The molecule has 0 aliphatic carbocycles. The molecule has 1 aliphatic heterocycles. The molecular formula is C19H30N2O2. The number of carbonyl (C=O) groups excluding carboxylic acids is 1. The summed E-state index contributed by atoms with van der Waals surface area (Å²) in [6.07, 6.45) is 0.821. The Morgan fingerprint density at radius 1 is 1.30 bits per heavy atom. The number of methoxy groups -OCH3 is 1. The van der Waals surface area contributed by atoms with Gasteiger partial charge in [0.15, 0.2) is 5.78 Å². The molecule has 1 heterocycles. The van der Waals surface area contributed by atoms with Crippen LogP contribution in [-0.2, 0) is 5.41 Å². The minimum atomic E-state index is -0.0683. The van der Waals surface area contributed by atoms with Gasteiger partial charge in [0.05, 0.1) is 18.7 Å². The number of benzene rings is 1. The standard InChI is InChI=1S/C19H30N2O2/c1-6-16(21-11-9-20-10-12-21)18(22)15-13-14(19(2,3)4)7-8-17(15)23-5/h7-8,13,16,20H,6,9-12H2,1-5H3. The Kier molecular flexibility index (Phi) is 5.82. The summed E-state index contributed by atoms with van der Waals surface area (Å²) < 4.78 is 5.46. The van der Waals surface area contributed by atoms with Crippen molar-refractivity contribution in [2.45, 2.75) is 45.6 Å². The number of nitrogens with zero attached hydrogens (tertiary/aromatic N) is 1. The van der Waals surface area contributed by atoms with Crippen molar-refractivity contribution >= 4 is 5.78 Å². The van der Waals surface area contributed by atoms with Crippen molar-refractivity contribution in [2.24, 2.45) is 0 Å². The highest BCUT2D eigenvalue weighted by Crippen LogP contribution is 2.29. The normalized spacial score (nSPS) is 17.8. The Hall–Kier alpha value is -1.39. The van der Waals surface area contributed by atoms with E-state index < -0.39 is 0 Å². The van der Waals surface area contributed by atoms with E-state index in [4.69, 9.17) is 4.74 Å². The molecule has 1 unspecified atom stereocenters. The van der Waals surface area contributed by atoms with E-state index in [0.717, 1.165) is 38.2 Å². The van der Waals surface area contributed by atoms with Crippen molar-refractivity contribution in [3.05, 3.63) is 29.3 Å². The van der Waals surface area contributed by atoms with E-state index >= 15 is 0 Å². The molecule has 0 spiro atoms. The van der Waals surface area contributed by atoms with Gasteiger partial charge in [0.1, 0.15) is 5.75 Å². The van der Waals surface area contributed by atoms with Gasteiger partial charge in [-0.1, -0.05) is 33.8 Å². The monoisotopic (exact) mass is 318 g/mol. The zero-order valence-electron chi connectivity index (χ0n) is 15.1. The van der Waals surface area contributed by atoms with Crippen molar-refractivity contribution in [1.29, 1.82) is 0 Å². The van der Waals surface area contributed by atoms with Crippen LogP contribution in [-0.4, -0.2) is 50.0 Å². The summed E-state index contributed by atoms with van der Waals surface area (Å²) in [6.45, 7) is 12.3. The van der Waals surface area contributed by atoms with Gasteiger partial charge in [0, 0.05) is 26.2 Å². The molecule has 1 N–H and O–H groups in total. The van der Waals surface area contributed by atoms with E-state index in [-0.39, 0.29) is 17.2 Å². The molecule has 0 amide bonds. The fourth-order valence-electron chi connectivity index (χ4n) is 3.15. The van der Waals surface area contributed by atoms with E-state index in [2.05, 4.69) is 44.0 Å². The number of Topliss-reactive ketones (excluding diaryl/α,β-unsaturated/α-hetero) is 1. The Morgan fingerprint density at radius 2 is 1.96 bits per heavy atom. The molecule has 1 saturated heterocycles. The first kappa shape index (κ1) is 18.0. The lowest BCUT2D eigenvalue weighted by molar-refractivity contribution is 0.0787. The van der Waals surface area contributed by atoms with Crippen LogP contribution in [0.15, 0.2) is 18.2 Å². The summed E-state index contributed by atoms with van der Waals surface area (Å²) >= 11 is 0. The van der Waals surface area contributed by atoms with Gasteiger partial charge < -0.3 is 10.1 Å². The summed E-state index contributed by atoms with van der Waals surface area (Å²) in [6, 6.07) is 5.94. The molecule has 1 fully saturated rings. The molecular weight excluding hydrogens is 288 g/mol. The van der Waals surface area contributed by atoms with Crippen LogP contribution < -0.4 is 10.1 Å². The average molecular weight is 318 g/mol. The molecule has 1 aromatic rings. The topological polar surface area (TPSA) is 41.6 Å². The quantitative estimate of drug-likeness (QED) is 0.848. The molecule has 1 aliphatic rings. The van der Waals surface area contributed by atoms with Crippen molar-refractivity contribution in [2.75, 3.05) is 33.3 Å². The number of ether oxygens (including phenoxy) is 1. The van der Waals surface area contributed by atoms with E-state index in [1.165, 1.54) is 0 Å². The number of hydrogen-bond donors (Lipinski definition) is 1. The molecule has 0 aromatic heterocycles. The van der Waals surface area contributed by atoms with Gasteiger partial charge in [0.2, 0.25) is 0 Å². The predicted octanol–water partition coefficient (Wildman–Crippen LogP) is 2.86. The minimum Gasteiger partial charge on any atom is -0.496 e.